The van der Waals surface area contributed by atoms with E-state index in [1.54, 1.807) is 0 Å². The number of carbonyl (C=O) groups is 2. The number of fused-ring (bicyclic) bond motifs is 9. The molecule has 4 nitrogen and oxygen atoms in total. The molecule has 0 saturated heterocycles. The standard InChI is InChI=1S/C20H22O2.C19H28O2/c1-3-20(22)11-9-18-17-6-4-13-12-14(21)5-7-15(13)16(17)8-10-19(18,20)2;1-18-9-7-13(20)11-12(18)3-4-14-15-5-6-17(21)19(15,2)10-8-16(14)18/h1,8,10,12,17-18,22H,4-7,9,11H2,2H3;11,14-17,21H,3-10H2,1-2H3/t17-,18+,19+,20+;14-,15-,16-,17-,18-,19-/m10/s1. The molecule has 4 saturated carbocycles. The first kappa shape index (κ1) is 29.5. The molecule has 0 heterocycles. The summed E-state index contributed by atoms with van der Waals surface area (Å²) in [6, 6.07) is 0. The second-order valence-electron chi connectivity index (χ2n) is 16.1. The topological polar surface area (TPSA) is 74.6 Å². The highest BCUT2D eigenvalue weighted by Crippen LogP contribution is 2.65. The van der Waals surface area contributed by atoms with Crippen molar-refractivity contribution >= 4 is 11.6 Å². The first-order valence-corrected chi connectivity index (χ1v) is 17.2. The second-order valence-corrected chi connectivity index (χ2v) is 16.1. The average molecular weight is 583 g/mol. The third-order valence-electron chi connectivity index (χ3n) is 14.5. The van der Waals surface area contributed by atoms with Gasteiger partial charge in [0, 0.05) is 18.3 Å². The molecular weight excluding hydrogens is 532 g/mol. The Hall–Kier alpha value is -2.22. The monoisotopic (exact) mass is 582 g/mol. The summed E-state index contributed by atoms with van der Waals surface area (Å²) >= 11 is 0. The maximum atomic E-state index is 11.8. The number of hydrogen-bond acceptors (Lipinski definition) is 4. The quantitative estimate of drug-likeness (QED) is 0.296. The molecule has 0 radical (unpaired) electrons. The molecule has 0 amide bonds. The third-order valence-corrected chi connectivity index (χ3v) is 14.5. The van der Waals surface area contributed by atoms with Crippen molar-refractivity contribution in [3.05, 3.63) is 46.6 Å². The molecule has 0 aromatic rings. The minimum absolute atomic E-state index is 0.0823. The smallest absolute Gasteiger partial charge is 0.156 e. The lowest BCUT2D eigenvalue weighted by Gasteiger charge is -2.57. The first-order chi connectivity index (χ1) is 20.4. The van der Waals surface area contributed by atoms with E-state index in [0.717, 1.165) is 63.2 Å². The fourth-order valence-electron chi connectivity index (χ4n) is 11.8. The van der Waals surface area contributed by atoms with E-state index in [4.69, 9.17) is 6.42 Å². The summed E-state index contributed by atoms with van der Waals surface area (Å²) in [7, 11) is 0. The van der Waals surface area contributed by atoms with Crippen molar-refractivity contribution in [1.82, 2.24) is 0 Å². The van der Waals surface area contributed by atoms with E-state index in [2.05, 4.69) is 38.8 Å². The third kappa shape index (κ3) is 4.24. The van der Waals surface area contributed by atoms with Gasteiger partial charge in [-0.05, 0) is 146 Å². The van der Waals surface area contributed by atoms with Crippen molar-refractivity contribution in [1.29, 1.82) is 0 Å². The minimum Gasteiger partial charge on any atom is -0.393 e. The summed E-state index contributed by atoms with van der Waals surface area (Å²) < 4.78 is 0. The number of ketones is 2. The fraction of sp³-hybridized carbons (Fsp3) is 0.692. The predicted molar refractivity (Wildman–Crippen MR) is 169 cm³/mol. The molecule has 0 unspecified atom stereocenters. The molecule has 8 rings (SSSR count). The Kier molecular flexibility index (Phi) is 6.96. The highest BCUT2D eigenvalue weighted by Gasteiger charge is 2.60. The largest absolute Gasteiger partial charge is 0.393 e. The molecule has 8 aliphatic rings. The lowest BCUT2D eigenvalue weighted by Crippen LogP contribution is -2.51. The summed E-state index contributed by atoms with van der Waals surface area (Å²) in [5.41, 5.74) is 4.61. The number of terminal acetylenes is 1. The van der Waals surface area contributed by atoms with Crippen molar-refractivity contribution in [2.24, 2.45) is 45.8 Å². The molecular formula is C39H50O4. The fourth-order valence-corrected chi connectivity index (χ4v) is 11.8. The molecule has 0 bridgehead atoms. The first-order valence-electron chi connectivity index (χ1n) is 17.2. The van der Waals surface area contributed by atoms with Crippen LogP contribution in [0.1, 0.15) is 111 Å². The van der Waals surface area contributed by atoms with E-state index in [1.807, 2.05) is 12.2 Å². The Balaban J connectivity index is 0.000000140. The van der Waals surface area contributed by atoms with Crippen LogP contribution in [-0.2, 0) is 9.59 Å². The normalized spacial score (nSPS) is 47.8. The van der Waals surface area contributed by atoms with Crippen LogP contribution in [-0.4, -0.2) is 33.5 Å². The van der Waals surface area contributed by atoms with Crippen LogP contribution in [0.15, 0.2) is 46.6 Å². The average Bonchev–Trinajstić information content (AvgIpc) is 3.45. The predicted octanol–water partition coefficient (Wildman–Crippen LogP) is 7.21. The van der Waals surface area contributed by atoms with Crippen molar-refractivity contribution < 1.29 is 19.8 Å². The minimum atomic E-state index is -1.01. The number of aliphatic hydroxyl groups is 2. The van der Waals surface area contributed by atoms with Crippen LogP contribution in [0, 0.1) is 58.2 Å². The van der Waals surface area contributed by atoms with Gasteiger partial charge >= 0.3 is 0 Å². The zero-order valence-corrected chi connectivity index (χ0v) is 26.5. The van der Waals surface area contributed by atoms with Gasteiger partial charge in [-0.15, -0.1) is 6.42 Å². The molecule has 8 aliphatic carbocycles. The van der Waals surface area contributed by atoms with E-state index in [1.165, 1.54) is 48.0 Å². The van der Waals surface area contributed by atoms with Crippen LogP contribution >= 0.6 is 0 Å². The lowest BCUT2D eigenvalue weighted by atomic mass is 9.47. The van der Waals surface area contributed by atoms with Gasteiger partial charge in [-0.3, -0.25) is 9.59 Å². The maximum Gasteiger partial charge on any atom is 0.156 e. The van der Waals surface area contributed by atoms with Gasteiger partial charge < -0.3 is 10.2 Å². The van der Waals surface area contributed by atoms with Crippen LogP contribution in [0.3, 0.4) is 0 Å². The molecule has 0 spiro atoms. The zero-order chi connectivity index (χ0) is 30.4. The molecule has 0 aliphatic heterocycles. The molecule has 4 fully saturated rings. The SMILES string of the molecule is C#C[C@]1(O)CC[C@H]2[C@@H]3CCC4=CC(=O)CCC4=C3C=C[C@@]21C.C[C@]12CC[C@H]3[C@@H](CCC4=CC(=O)CC[C@@]43C)[C@@H]1CC[C@@H]2O. The molecule has 2 N–H and O–H groups in total. The van der Waals surface area contributed by atoms with E-state index in [9.17, 15) is 19.8 Å². The van der Waals surface area contributed by atoms with Crippen molar-refractivity contribution in [3.8, 4) is 12.3 Å². The van der Waals surface area contributed by atoms with Gasteiger partial charge in [-0.2, -0.15) is 0 Å². The van der Waals surface area contributed by atoms with Crippen LogP contribution in [0.4, 0.5) is 0 Å². The van der Waals surface area contributed by atoms with Crippen LogP contribution in [0.2, 0.25) is 0 Å². The van der Waals surface area contributed by atoms with E-state index >= 15 is 0 Å². The Morgan fingerprint density at radius 3 is 2.37 bits per heavy atom. The molecule has 10 atom stereocenters. The summed E-state index contributed by atoms with van der Waals surface area (Å²) in [6.07, 6.45) is 27.8. The van der Waals surface area contributed by atoms with Crippen molar-refractivity contribution in [2.75, 3.05) is 0 Å². The van der Waals surface area contributed by atoms with Gasteiger partial charge in [0.05, 0.1) is 6.10 Å². The van der Waals surface area contributed by atoms with Crippen molar-refractivity contribution in [3.63, 3.8) is 0 Å². The maximum absolute atomic E-state index is 11.8. The molecule has 4 heteroatoms. The number of carbonyl (C=O) groups excluding carboxylic acids is 2. The summed E-state index contributed by atoms with van der Waals surface area (Å²) in [5.74, 6) is 6.41. The zero-order valence-electron chi connectivity index (χ0n) is 26.5. The van der Waals surface area contributed by atoms with Gasteiger partial charge in [0.15, 0.2) is 11.6 Å². The molecule has 0 aromatic heterocycles. The molecule has 43 heavy (non-hydrogen) atoms. The number of rotatable bonds is 0. The summed E-state index contributed by atoms with van der Waals surface area (Å²) in [5, 5.41) is 21.3. The lowest BCUT2D eigenvalue weighted by molar-refractivity contribution is -0.118. The molecule has 230 valence electrons. The van der Waals surface area contributed by atoms with Gasteiger partial charge in [0.1, 0.15) is 5.60 Å². The van der Waals surface area contributed by atoms with Crippen LogP contribution in [0.25, 0.3) is 0 Å². The summed E-state index contributed by atoms with van der Waals surface area (Å²) in [4.78, 5) is 23.5. The van der Waals surface area contributed by atoms with Gasteiger partial charge in [-0.1, -0.05) is 44.4 Å². The van der Waals surface area contributed by atoms with Crippen molar-refractivity contribution in [2.45, 2.75) is 122 Å². The molecule has 0 aromatic carbocycles. The van der Waals surface area contributed by atoms with Crippen LogP contribution in [0.5, 0.6) is 0 Å². The number of hydrogen-bond donors (Lipinski definition) is 2. The van der Waals surface area contributed by atoms with Crippen LogP contribution < -0.4 is 0 Å². The number of allylic oxidation sites excluding steroid dienone is 6. The Labute approximate surface area is 258 Å². The summed E-state index contributed by atoms with van der Waals surface area (Å²) in [6.45, 7) is 6.89. The van der Waals surface area contributed by atoms with E-state index < -0.39 is 5.60 Å². The van der Waals surface area contributed by atoms with Gasteiger partial charge in [0.25, 0.3) is 0 Å². The van der Waals surface area contributed by atoms with E-state index in [0.29, 0.717) is 36.4 Å². The Bertz CT molecular complexity index is 1400. The van der Waals surface area contributed by atoms with Gasteiger partial charge in [0.2, 0.25) is 0 Å². The second kappa shape index (κ2) is 10.1. The van der Waals surface area contributed by atoms with Gasteiger partial charge in [-0.25, -0.2) is 0 Å². The van der Waals surface area contributed by atoms with E-state index in [-0.39, 0.29) is 28.1 Å². The highest BCUT2D eigenvalue weighted by molar-refractivity contribution is 5.93. The highest BCUT2D eigenvalue weighted by atomic mass is 16.3. The Morgan fingerprint density at radius 1 is 0.814 bits per heavy atom. The Morgan fingerprint density at radius 2 is 1.58 bits per heavy atom. The number of aliphatic hydroxyl groups excluding tert-OH is 1.